The Bertz CT molecular complexity index is 1630. The number of methoxy groups -OCH3 is 1. The lowest BCUT2D eigenvalue weighted by Crippen LogP contribution is -2.40. The SMILES string of the molecule is COCCN(CC(=O)Nc1cc(-c2ccccc2)nn1-c1ccc(C)cc1)S(=O)(=O)c1ccc(Cl)c([N+](=O)[O-])c1. The highest BCUT2D eigenvalue weighted by Gasteiger charge is 2.29. The number of nitrogens with zero attached hydrogens (tertiary/aromatic N) is 4. The van der Waals surface area contributed by atoms with Crippen LogP contribution in [0.4, 0.5) is 11.5 Å². The van der Waals surface area contributed by atoms with Crippen LogP contribution in [0.1, 0.15) is 5.56 Å². The molecule has 40 heavy (non-hydrogen) atoms. The molecule has 4 rings (SSSR count). The van der Waals surface area contributed by atoms with Gasteiger partial charge in [0.1, 0.15) is 10.8 Å². The minimum Gasteiger partial charge on any atom is -0.383 e. The number of amides is 1. The van der Waals surface area contributed by atoms with Gasteiger partial charge in [0.05, 0.1) is 34.4 Å². The largest absolute Gasteiger partial charge is 0.383 e. The topological polar surface area (TPSA) is 137 Å². The first-order chi connectivity index (χ1) is 19.1. The zero-order valence-electron chi connectivity index (χ0n) is 21.7. The molecule has 1 heterocycles. The van der Waals surface area contributed by atoms with Crippen molar-refractivity contribution < 1.29 is 22.9 Å². The van der Waals surface area contributed by atoms with Crippen molar-refractivity contribution in [1.29, 1.82) is 0 Å². The fraction of sp³-hybridized carbons (Fsp3) is 0.185. The van der Waals surface area contributed by atoms with E-state index in [-0.39, 0.29) is 23.1 Å². The second-order valence-corrected chi connectivity index (χ2v) is 11.1. The molecule has 0 fully saturated rings. The van der Waals surface area contributed by atoms with Crippen molar-refractivity contribution >= 4 is 39.0 Å². The van der Waals surface area contributed by atoms with Gasteiger partial charge in [0, 0.05) is 31.4 Å². The lowest BCUT2D eigenvalue weighted by Gasteiger charge is -2.21. The van der Waals surface area contributed by atoms with Crippen LogP contribution in [0.2, 0.25) is 5.02 Å². The van der Waals surface area contributed by atoms with Crippen molar-refractivity contribution in [3.63, 3.8) is 0 Å². The molecule has 0 saturated carbocycles. The Kier molecular flexibility index (Phi) is 8.95. The van der Waals surface area contributed by atoms with Gasteiger partial charge < -0.3 is 10.1 Å². The lowest BCUT2D eigenvalue weighted by atomic mass is 10.1. The first-order valence-electron chi connectivity index (χ1n) is 12.1. The maximum absolute atomic E-state index is 13.4. The van der Waals surface area contributed by atoms with E-state index in [2.05, 4.69) is 10.4 Å². The van der Waals surface area contributed by atoms with Crippen LogP contribution in [0.3, 0.4) is 0 Å². The van der Waals surface area contributed by atoms with Crippen LogP contribution < -0.4 is 5.32 Å². The van der Waals surface area contributed by atoms with E-state index in [9.17, 15) is 23.3 Å². The van der Waals surface area contributed by atoms with Gasteiger partial charge in [-0.1, -0.05) is 59.6 Å². The number of rotatable bonds is 11. The number of carbonyl (C=O) groups excluding carboxylic acids is 1. The smallest absolute Gasteiger partial charge is 0.289 e. The van der Waals surface area contributed by atoms with Crippen molar-refractivity contribution in [1.82, 2.24) is 14.1 Å². The number of nitro benzene ring substituents is 1. The van der Waals surface area contributed by atoms with Crippen LogP contribution in [-0.4, -0.2) is 60.1 Å². The maximum atomic E-state index is 13.4. The number of anilines is 1. The fourth-order valence-electron chi connectivity index (χ4n) is 3.86. The first kappa shape index (κ1) is 28.9. The Morgan fingerprint density at radius 3 is 2.45 bits per heavy atom. The van der Waals surface area contributed by atoms with Crippen LogP contribution in [0.5, 0.6) is 0 Å². The van der Waals surface area contributed by atoms with Gasteiger partial charge in [0.15, 0.2) is 0 Å². The van der Waals surface area contributed by atoms with E-state index in [4.69, 9.17) is 16.3 Å². The van der Waals surface area contributed by atoms with E-state index >= 15 is 0 Å². The summed E-state index contributed by atoms with van der Waals surface area (Å²) in [5.74, 6) is -0.310. The number of sulfonamides is 1. The quantitative estimate of drug-likeness (QED) is 0.200. The van der Waals surface area contributed by atoms with Gasteiger partial charge in [-0.2, -0.15) is 9.40 Å². The number of hydrogen-bond donors (Lipinski definition) is 1. The molecule has 3 aromatic carbocycles. The van der Waals surface area contributed by atoms with Gasteiger partial charge in [0.2, 0.25) is 15.9 Å². The highest BCUT2D eigenvalue weighted by Crippen LogP contribution is 2.29. The van der Waals surface area contributed by atoms with Crippen molar-refractivity contribution in [3.8, 4) is 16.9 Å². The molecule has 0 bridgehead atoms. The number of nitro groups is 1. The minimum atomic E-state index is -4.33. The number of hydrogen-bond acceptors (Lipinski definition) is 7. The van der Waals surface area contributed by atoms with Gasteiger partial charge in [-0.15, -0.1) is 0 Å². The molecule has 4 aromatic rings. The molecule has 1 amide bonds. The Hall–Kier alpha value is -4.10. The molecular formula is C27H26ClN5O6S. The summed E-state index contributed by atoms with van der Waals surface area (Å²) in [5, 5.41) is 18.5. The molecule has 0 radical (unpaired) electrons. The molecule has 0 aliphatic heterocycles. The number of carbonyl (C=O) groups is 1. The third kappa shape index (κ3) is 6.54. The molecule has 0 saturated heterocycles. The molecule has 0 spiro atoms. The number of nitrogens with one attached hydrogen (secondary N) is 1. The van der Waals surface area contributed by atoms with Crippen molar-refractivity contribution in [2.24, 2.45) is 0 Å². The highest BCUT2D eigenvalue weighted by molar-refractivity contribution is 7.89. The molecule has 1 N–H and O–H groups in total. The van der Waals surface area contributed by atoms with E-state index in [0.717, 1.165) is 33.6 Å². The number of benzene rings is 3. The van der Waals surface area contributed by atoms with E-state index < -0.39 is 33.1 Å². The molecule has 1 aromatic heterocycles. The summed E-state index contributed by atoms with van der Waals surface area (Å²) < 4.78 is 34.4. The van der Waals surface area contributed by atoms with Gasteiger partial charge in [-0.25, -0.2) is 13.1 Å². The Morgan fingerprint density at radius 1 is 1.10 bits per heavy atom. The van der Waals surface area contributed by atoms with Crippen molar-refractivity contribution in [2.45, 2.75) is 11.8 Å². The van der Waals surface area contributed by atoms with E-state index in [1.54, 1.807) is 10.7 Å². The normalized spacial score (nSPS) is 11.5. The molecule has 0 atom stereocenters. The minimum absolute atomic E-state index is 0.0123. The van der Waals surface area contributed by atoms with Crippen LogP contribution in [-0.2, 0) is 19.6 Å². The zero-order valence-corrected chi connectivity index (χ0v) is 23.2. The maximum Gasteiger partial charge on any atom is 0.289 e. The second-order valence-electron chi connectivity index (χ2n) is 8.78. The van der Waals surface area contributed by atoms with E-state index in [1.165, 1.54) is 7.11 Å². The Balaban J connectivity index is 1.65. The predicted molar refractivity (Wildman–Crippen MR) is 151 cm³/mol. The van der Waals surface area contributed by atoms with E-state index in [1.807, 2.05) is 61.5 Å². The Labute approximate surface area is 236 Å². The van der Waals surface area contributed by atoms with Gasteiger partial charge >= 0.3 is 0 Å². The summed E-state index contributed by atoms with van der Waals surface area (Å²) in [6.07, 6.45) is 0. The zero-order chi connectivity index (χ0) is 28.9. The molecule has 0 unspecified atom stereocenters. The monoisotopic (exact) mass is 583 g/mol. The first-order valence-corrected chi connectivity index (χ1v) is 13.9. The van der Waals surface area contributed by atoms with Crippen LogP contribution >= 0.6 is 11.6 Å². The molecule has 0 aliphatic rings. The van der Waals surface area contributed by atoms with Crippen molar-refractivity contribution in [3.05, 3.63) is 99.6 Å². The number of aromatic nitrogens is 2. The third-order valence-corrected chi connectivity index (χ3v) is 8.10. The van der Waals surface area contributed by atoms with Gasteiger partial charge in [-0.3, -0.25) is 14.9 Å². The molecule has 13 heteroatoms. The average Bonchev–Trinajstić information content (AvgIpc) is 3.35. The Morgan fingerprint density at radius 2 is 1.80 bits per heavy atom. The van der Waals surface area contributed by atoms with Crippen molar-refractivity contribution in [2.75, 3.05) is 32.1 Å². The second kappa shape index (κ2) is 12.4. The van der Waals surface area contributed by atoms with Crippen LogP contribution in [0.25, 0.3) is 16.9 Å². The summed E-state index contributed by atoms with van der Waals surface area (Å²) in [7, 11) is -2.94. The molecule has 208 valence electrons. The predicted octanol–water partition coefficient (Wildman–Crippen LogP) is 4.69. The molecule has 0 aliphatic carbocycles. The summed E-state index contributed by atoms with van der Waals surface area (Å²) in [4.78, 5) is 23.4. The fourth-order valence-corrected chi connectivity index (χ4v) is 5.45. The van der Waals surface area contributed by atoms with Gasteiger partial charge in [0.25, 0.3) is 5.69 Å². The van der Waals surface area contributed by atoms with Crippen LogP contribution in [0, 0.1) is 17.0 Å². The van der Waals surface area contributed by atoms with E-state index in [0.29, 0.717) is 17.2 Å². The summed E-state index contributed by atoms with van der Waals surface area (Å²) >= 11 is 5.86. The van der Waals surface area contributed by atoms with Gasteiger partial charge in [-0.05, 0) is 31.2 Å². The number of ether oxygens (including phenoxy) is 1. The van der Waals surface area contributed by atoms with Crippen LogP contribution in [0.15, 0.2) is 83.8 Å². The average molecular weight is 584 g/mol. The molecule has 11 nitrogen and oxygen atoms in total. The third-order valence-electron chi connectivity index (χ3n) is 5.94. The standard InChI is InChI=1S/C27H26ClN5O6S/c1-19-8-10-21(11-9-19)32-26(17-24(30-32)20-6-4-3-5-7-20)29-27(34)18-31(14-15-39-2)40(37,38)22-12-13-23(28)25(16-22)33(35)36/h3-13,16-17H,14-15,18H2,1-2H3,(H,29,34). The number of aryl methyl sites for hydroxylation is 1. The lowest BCUT2D eigenvalue weighted by molar-refractivity contribution is -0.384. The highest BCUT2D eigenvalue weighted by atomic mass is 35.5. The summed E-state index contributed by atoms with van der Waals surface area (Å²) in [5.41, 5.74) is 2.62. The summed E-state index contributed by atoms with van der Waals surface area (Å²) in [6.45, 7) is 1.19. The summed E-state index contributed by atoms with van der Waals surface area (Å²) in [6, 6.07) is 21.8. The number of halogens is 1. The molecular weight excluding hydrogens is 558 g/mol.